The predicted octanol–water partition coefficient (Wildman–Crippen LogP) is 2.36. The van der Waals surface area contributed by atoms with Crippen LogP contribution in [0.1, 0.15) is 38.7 Å². The van der Waals surface area contributed by atoms with E-state index in [0.29, 0.717) is 0 Å². The van der Waals surface area contributed by atoms with Gasteiger partial charge in [0.15, 0.2) is 6.61 Å². The topological polar surface area (TPSA) is 55.6 Å². The van der Waals surface area contributed by atoms with Crippen LogP contribution < -0.4 is 10.5 Å². The maximum atomic E-state index is 12.4. The second kappa shape index (κ2) is 7.46. The second-order valence-corrected chi connectivity index (χ2v) is 5.80. The number of amides is 1. The lowest BCUT2D eigenvalue weighted by molar-refractivity contribution is -0.137. The monoisotopic (exact) mass is 290 g/mol. The zero-order valence-electron chi connectivity index (χ0n) is 13.0. The van der Waals surface area contributed by atoms with Crippen molar-refractivity contribution in [2.24, 2.45) is 5.73 Å². The van der Waals surface area contributed by atoms with Gasteiger partial charge in [-0.1, -0.05) is 19.1 Å². The van der Waals surface area contributed by atoms with Crippen LogP contribution in [0.4, 0.5) is 0 Å². The van der Waals surface area contributed by atoms with Crippen molar-refractivity contribution in [3.05, 3.63) is 29.8 Å². The van der Waals surface area contributed by atoms with E-state index in [0.717, 1.165) is 38.0 Å². The predicted molar refractivity (Wildman–Crippen MR) is 84.3 cm³/mol. The summed E-state index contributed by atoms with van der Waals surface area (Å²) in [5, 5.41) is 0. The van der Waals surface area contributed by atoms with Crippen molar-refractivity contribution in [3.8, 4) is 5.75 Å². The third-order valence-corrected chi connectivity index (χ3v) is 4.17. The third kappa shape index (κ3) is 4.21. The zero-order chi connectivity index (χ0) is 15.2. The van der Waals surface area contributed by atoms with Gasteiger partial charge in [-0.3, -0.25) is 4.79 Å². The number of nitrogens with two attached hydrogens (primary N) is 1. The summed E-state index contributed by atoms with van der Waals surface area (Å²) < 4.78 is 5.62. The molecule has 0 aliphatic carbocycles. The van der Waals surface area contributed by atoms with Crippen LogP contribution in [0.15, 0.2) is 24.3 Å². The fourth-order valence-electron chi connectivity index (χ4n) is 2.86. The lowest BCUT2D eigenvalue weighted by atomic mass is 9.97. The zero-order valence-corrected chi connectivity index (χ0v) is 13.0. The Morgan fingerprint density at radius 1 is 1.38 bits per heavy atom. The fourth-order valence-corrected chi connectivity index (χ4v) is 2.86. The summed E-state index contributed by atoms with van der Waals surface area (Å²) in [5.74, 6) is 0.784. The highest BCUT2D eigenvalue weighted by Crippen LogP contribution is 2.20. The molecule has 1 aromatic carbocycles. The van der Waals surface area contributed by atoms with Crippen molar-refractivity contribution in [3.63, 3.8) is 0 Å². The largest absolute Gasteiger partial charge is 0.484 e. The van der Waals surface area contributed by atoms with Gasteiger partial charge in [-0.25, -0.2) is 0 Å². The summed E-state index contributed by atoms with van der Waals surface area (Å²) in [6.45, 7) is 4.97. The quantitative estimate of drug-likeness (QED) is 0.905. The Labute approximate surface area is 127 Å². The van der Waals surface area contributed by atoms with Gasteiger partial charge in [-0.05, 0) is 50.3 Å². The molecule has 1 saturated heterocycles. The molecule has 1 fully saturated rings. The minimum absolute atomic E-state index is 0.0121. The minimum Gasteiger partial charge on any atom is -0.484 e. The van der Waals surface area contributed by atoms with Gasteiger partial charge in [0.1, 0.15) is 5.75 Å². The molecule has 0 saturated carbocycles. The van der Waals surface area contributed by atoms with Crippen LogP contribution in [-0.4, -0.2) is 36.0 Å². The van der Waals surface area contributed by atoms with Crippen LogP contribution in [-0.2, 0) is 11.2 Å². The number of carbonyl (C=O) groups is 1. The van der Waals surface area contributed by atoms with Gasteiger partial charge in [0.25, 0.3) is 5.91 Å². The fraction of sp³-hybridized carbons (Fsp3) is 0.588. The summed E-state index contributed by atoms with van der Waals surface area (Å²) in [7, 11) is 0. The molecule has 1 aliphatic rings. The molecular formula is C17H26N2O2. The van der Waals surface area contributed by atoms with Crippen LogP contribution in [0, 0.1) is 0 Å². The van der Waals surface area contributed by atoms with Crippen LogP contribution >= 0.6 is 0 Å². The van der Waals surface area contributed by atoms with Crippen LogP contribution in [0.5, 0.6) is 5.75 Å². The van der Waals surface area contributed by atoms with E-state index in [4.69, 9.17) is 10.5 Å². The molecule has 1 aromatic rings. The summed E-state index contributed by atoms with van der Waals surface area (Å²) in [5.41, 5.74) is 7.27. The highest BCUT2D eigenvalue weighted by Gasteiger charge is 2.29. The lowest BCUT2D eigenvalue weighted by Gasteiger charge is -2.38. The van der Waals surface area contributed by atoms with Crippen LogP contribution in [0.2, 0.25) is 0 Å². The maximum Gasteiger partial charge on any atom is 0.260 e. The first-order valence-corrected chi connectivity index (χ1v) is 7.88. The molecule has 0 bridgehead atoms. The molecule has 1 aliphatic heterocycles. The summed E-state index contributed by atoms with van der Waals surface area (Å²) in [4.78, 5) is 14.3. The first kappa shape index (κ1) is 15.8. The first-order valence-electron chi connectivity index (χ1n) is 7.88. The van der Waals surface area contributed by atoms with E-state index in [2.05, 4.69) is 6.92 Å². The van der Waals surface area contributed by atoms with E-state index >= 15 is 0 Å². The highest BCUT2D eigenvalue weighted by molar-refractivity contribution is 5.78. The van der Waals surface area contributed by atoms with Crippen molar-refractivity contribution in [2.45, 2.75) is 51.6 Å². The number of hydrogen-bond donors (Lipinski definition) is 1. The van der Waals surface area contributed by atoms with Crippen molar-refractivity contribution in [1.29, 1.82) is 0 Å². The molecular weight excluding hydrogens is 264 g/mol. The Balaban J connectivity index is 1.90. The van der Waals surface area contributed by atoms with Gasteiger partial charge < -0.3 is 15.4 Å². The minimum atomic E-state index is 0.0121. The number of benzene rings is 1. The number of ether oxygens (including phenoxy) is 1. The summed E-state index contributed by atoms with van der Waals surface area (Å²) in [6, 6.07) is 8.07. The molecule has 2 unspecified atom stereocenters. The van der Waals surface area contributed by atoms with Crippen molar-refractivity contribution < 1.29 is 9.53 Å². The van der Waals surface area contributed by atoms with Gasteiger partial charge in [0, 0.05) is 18.6 Å². The van der Waals surface area contributed by atoms with E-state index in [1.54, 1.807) is 0 Å². The van der Waals surface area contributed by atoms with Crippen molar-refractivity contribution in [2.75, 3.05) is 13.2 Å². The van der Waals surface area contributed by atoms with Gasteiger partial charge in [-0.15, -0.1) is 0 Å². The average molecular weight is 290 g/mol. The van der Waals surface area contributed by atoms with Crippen molar-refractivity contribution in [1.82, 2.24) is 4.90 Å². The molecule has 0 aromatic heterocycles. The molecule has 2 N–H and O–H groups in total. The number of rotatable bonds is 5. The van der Waals surface area contributed by atoms with Crippen molar-refractivity contribution >= 4 is 5.91 Å². The molecule has 2 atom stereocenters. The Morgan fingerprint density at radius 2 is 2.10 bits per heavy atom. The van der Waals surface area contributed by atoms with E-state index in [1.165, 1.54) is 5.56 Å². The molecule has 0 spiro atoms. The Bertz CT molecular complexity index is 456. The maximum absolute atomic E-state index is 12.4. The summed E-state index contributed by atoms with van der Waals surface area (Å²) in [6.07, 6.45) is 4.20. The molecule has 1 amide bonds. The molecule has 4 heteroatoms. The Hall–Kier alpha value is -1.55. The van der Waals surface area contributed by atoms with E-state index in [9.17, 15) is 4.79 Å². The molecule has 4 nitrogen and oxygen atoms in total. The number of hydrogen-bond acceptors (Lipinski definition) is 3. The number of aryl methyl sites for hydroxylation is 1. The molecule has 1 heterocycles. The molecule has 2 rings (SSSR count). The number of likely N-dealkylation sites (tertiary alicyclic amines) is 1. The van der Waals surface area contributed by atoms with Gasteiger partial charge in [0.05, 0.1) is 0 Å². The molecule has 21 heavy (non-hydrogen) atoms. The van der Waals surface area contributed by atoms with E-state index in [1.807, 2.05) is 36.1 Å². The van der Waals surface area contributed by atoms with E-state index in [-0.39, 0.29) is 24.6 Å². The number of carbonyl (C=O) groups excluding carboxylic acids is 1. The standard InChI is InChI=1S/C17H26N2O2/c1-3-14-7-9-15(10-8-14)21-12-17(20)19-11-5-4-6-16(19)13(2)18/h7-10,13,16H,3-6,11-12,18H2,1-2H3. The third-order valence-electron chi connectivity index (χ3n) is 4.17. The van der Waals surface area contributed by atoms with Crippen LogP contribution in [0.3, 0.4) is 0 Å². The number of piperidine rings is 1. The van der Waals surface area contributed by atoms with Crippen LogP contribution in [0.25, 0.3) is 0 Å². The lowest BCUT2D eigenvalue weighted by Crippen LogP contribution is -2.52. The Kier molecular flexibility index (Phi) is 5.62. The second-order valence-electron chi connectivity index (χ2n) is 5.80. The normalized spacial score (nSPS) is 20.1. The molecule has 116 valence electrons. The smallest absolute Gasteiger partial charge is 0.260 e. The summed E-state index contributed by atoms with van der Waals surface area (Å²) >= 11 is 0. The van der Waals surface area contributed by atoms with Gasteiger partial charge >= 0.3 is 0 Å². The number of nitrogens with zero attached hydrogens (tertiary/aromatic N) is 1. The highest BCUT2D eigenvalue weighted by atomic mass is 16.5. The van der Waals surface area contributed by atoms with E-state index < -0.39 is 0 Å². The Morgan fingerprint density at radius 3 is 2.71 bits per heavy atom. The van der Waals surface area contributed by atoms with Gasteiger partial charge in [0.2, 0.25) is 0 Å². The average Bonchev–Trinajstić information content (AvgIpc) is 2.53. The molecule has 0 radical (unpaired) electrons. The SMILES string of the molecule is CCc1ccc(OCC(=O)N2CCCCC2C(C)N)cc1. The van der Waals surface area contributed by atoms with Gasteiger partial charge in [-0.2, -0.15) is 0 Å². The first-order chi connectivity index (χ1) is 10.1.